The topological polar surface area (TPSA) is 62.3 Å². The number of halogens is 1. The SMILES string of the molecule is CC(C)C(NC1CCN(S(C)(=O)=O)CC1)c1ccc(F)cn1. The van der Waals surface area contributed by atoms with Crippen LogP contribution in [0.5, 0.6) is 0 Å². The lowest BCUT2D eigenvalue weighted by Gasteiger charge is -2.34. The zero-order valence-corrected chi connectivity index (χ0v) is 14.1. The molecule has 0 saturated carbocycles. The zero-order valence-electron chi connectivity index (χ0n) is 13.3. The van der Waals surface area contributed by atoms with Gasteiger partial charge in [0.05, 0.1) is 24.2 Å². The highest BCUT2D eigenvalue weighted by atomic mass is 32.2. The molecule has 2 heterocycles. The number of hydrogen-bond acceptors (Lipinski definition) is 4. The van der Waals surface area contributed by atoms with Crippen molar-refractivity contribution >= 4 is 10.0 Å². The Morgan fingerprint density at radius 1 is 1.32 bits per heavy atom. The fourth-order valence-electron chi connectivity index (χ4n) is 2.80. The predicted molar refractivity (Wildman–Crippen MR) is 84.3 cm³/mol. The van der Waals surface area contributed by atoms with Crippen LogP contribution in [0.15, 0.2) is 18.3 Å². The van der Waals surface area contributed by atoms with E-state index in [1.807, 2.05) is 0 Å². The maximum Gasteiger partial charge on any atom is 0.211 e. The summed E-state index contributed by atoms with van der Waals surface area (Å²) in [5.41, 5.74) is 0.821. The first-order valence-electron chi connectivity index (χ1n) is 7.60. The Labute approximate surface area is 132 Å². The second-order valence-corrected chi connectivity index (χ2v) is 8.21. The van der Waals surface area contributed by atoms with E-state index >= 15 is 0 Å². The van der Waals surface area contributed by atoms with Gasteiger partial charge in [0.2, 0.25) is 10.0 Å². The Balaban J connectivity index is 2.00. The summed E-state index contributed by atoms with van der Waals surface area (Å²) in [6.07, 6.45) is 4.04. The number of hydrogen-bond donors (Lipinski definition) is 1. The van der Waals surface area contributed by atoms with Gasteiger partial charge in [0, 0.05) is 19.1 Å². The average Bonchev–Trinajstić information content (AvgIpc) is 2.45. The van der Waals surface area contributed by atoms with Crippen LogP contribution in [0.3, 0.4) is 0 Å². The van der Waals surface area contributed by atoms with Gasteiger partial charge in [-0.3, -0.25) is 4.98 Å². The third kappa shape index (κ3) is 4.47. The average molecular weight is 329 g/mol. The molecule has 0 bridgehead atoms. The Hall–Kier alpha value is -1.05. The first-order valence-corrected chi connectivity index (χ1v) is 9.45. The van der Waals surface area contributed by atoms with Crippen LogP contribution < -0.4 is 5.32 Å². The second-order valence-electron chi connectivity index (χ2n) is 6.23. The lowest BCUT2D eigenvalue weighted by atomic mass is 9.97. The number of nitrogens with zero attached hydrogens (tertiary/aromatic N) is 2. The first-order chi connectivity index (χ1) is 10.3. The fraction of sp³-hybridized carbons (Fsp3) is 0.667. The zero-order chi connectivity index (χ0) is 16.3. The molecular formula is C15H24FN3O2S. The summed E-state index contributed by atoms with van der Waals surface area (Å²) in [6.45, 7) is 5.26. The Kier molecular flexibility index (Phi) is 5.52. The van der Waals surface area contributed by atoms with Gasteiger partial charge in [0.25, 0.3) is 0 Å². The number of rotatable bonds is 5. The minimum atomic E-state index is -3.10. The highest BCUT2D eigenvalue weighted by molar-refractivity contribution is 7.88. The van der Waals surface area contributed by atoms with Crippen LogP contribution in [-0.4, -0.2) is 43.1 Å². The summed E-state index contributed by atoms with van der Waals surface area (Å²) in [5.74, 6) is -0.0291. The lowest BCUT2D eigenvalue weighted by molar-refractivity contribution is 0.254. The quantitative estimate of drug-likeness (QED) is 0.897. The Morgan fingerprint density at radius 3 is 2.41 bits per heavy atom. The van der Waals surface area contributed by atoms with Crippen LogP contribution in [0.25, 0.3) is 0 Å². The minimum absolute atomic E-state index is 0.0374. The van der Waals surface area contributed by atoms with Crippen molar-refractivity contribution in [2.75, 3.05) is 19.3 Å². The molecule has 1 saturated heterocycles. The van der Waals surface area contributed by atoms with E-state index in [1.54, 1.807) is 6.07 Å². The lowest BCUT2D eigenvalue weighted by Crippen LogP contribution is -2.46. The summed E-state index contributed by atoms with van der Waals surface area (Å²) >= 11 is 0. The van der Waals surface area contributed by atoms with Crippen molar-refractivity contribution in [2.45, 2.75) is 38.8 Å². The molecule has 0 spiro atoms. The molecule has 2 rings (SSSR count). The smallest absolute Gasteiger partial charge is 0.211 e. The molecule has 0 radical (unpaired) electrons. The summed E-state index contributed by atoms with van der Waals surface area (Å²) in [7, 11) is -3.10. The Morgan fingerprint density at radius 2 is 1.95 bits per heavy atom. The highest BCUT2D eigenvalue weighted by Gasteiger charge is 2.27. The number of aromatic nitrogens is 1. The molecule has 1 fully saturated rings. The van der Waals surface area contributed by atoms with E-state index in [2.05, 4.69) is 24.1 Å². The van der Waals surface area contributed by atoms with E-state index in [4.69, 9.17) is 0 Å². The molecule has 0 amide bonds. The van der Waals surface area contributed by atoms with Crippen LogP contribution in [0.2, 0.25) is 0 Å². The standard InChI is InChI=1S/C15H24FN3O2S/c1-11(2)15(14-5-4-12(16)10-17-14)18-13-6-8-19(9-7-13)22(3,20)21/h4-5,10-11,13,15,18H,6-9H2,1-3H3. The van der Waals surface area contributed by atoms with Gasteiger partial charge in [-0.1, -0.05) is 13.8 Å². The van der Waals surface area contributed by atoms with Crippen LogP contribution in [0.4, 0.5) is 4.39 Å². The highest BCUT2D eigenvalue weighted by Crippen LogP contribution is 2.23. The third-order valence-corrected chi connectivity index (χ3v) is 5.38. The molecule has 124 valence electrons. The molecule has 5 nitrogen and oxygen atoms in total. The van der Waals surface area contributed by atoms with E-state index < -0.39 is 10.0 Å². The van der Waals surface area contributed by atoms with Gasteiger partial charge in [-0.05, 0) is 30.9 Å². The van der Waals surface area contributed by atoms with E-state index in [-0.39, 0.29) is 17.9 Å². The molecule has 22 heavy (non-hydrogen) atoms. The molecule has 1 atom stereocenters. The van der Waals surface area contributed by atoms with Crippen LogP contribution in [0.1, 0.15) is 38.4 Å². The van der Waals surface area contributed by atoms with Crippen molar-refractivity contribution in [3.63, 3.8) is 0 Å². The van der Waals surface area contributed by atoms with E-state index in [0.29, 0.717) is 19.0 Å². The molecular weight excluding hydrogens is 305 g/mol. The summed E-state index contributed by atoms with van der Waals surface area (Å²) < 4.78 is 37.6. The molecule has 1 aromatic rings. The minimum Gasteiger partial charge on any atom is -0.306 e. The molecule has 0 aliphatic carbocycles. The van der Waals surface area contributed by atoms with Gasteiger partial charge in [-0.15, -0.1) is 0 Å². The van der Waals surface area contributed by atoms with Gasteiger partial charge in [0.1, 0.15) is 5.82 Å². The molecule has 1 N–H and O–H groups in total. The van der Waals surface area contributed by atoms with Crippen molar-refractivity contribution in [1.82, 2.24) is 14.6 Å². The van der Waals surface area contributed by atoms with Crippen molar-refractivity contribution in [3.8, 4) is 0 Å². The molecule has 1 aliphatic heterocycles. The van der Waals surface area contributed by atoms with Crippen molar-refractivity contribution in [2.24, 2.45) is 5.92 Å². The van der Waals surface area contributed by atoms with Gasteiger partial charge in [-0.2, -0.15) is 0 Å². The van der Waals surface area contributed by atoms with Gasteiger partial charge < -0.3 is 5.32 Å². The van der Waals surface area contributed by atoms with Crippen LogP contribution >= 0.6 is 0 Å². The van der Waals surface area contributed by atoms with E-state index in [9.17, 15) is 12.8 Å². The largest absolute Gasteiger partial charge is 0.306 e. The molecule has 1 aromatic heterocycles. The Bertz CT molecular complexity index is 581. The first kappa shape index (κ1) is 17.3. The summed E-state index contributed by atoms with van der Waals surface area (Å²) in [6, 6.07) is 3.41. The monoisotopic (exact) mass is 329 g/mol. The molecule has 1 unspecified atom stereocenters. The maximum atomic E-state index is 13.0. The van der Waals surface area contributed by atoms with Gasteiger partial charge in [-0.25, -0.2) is 17.1 Å². The van der Waals surface area contributed by atoms with Crippen molar-refractivity contribution in [1.29, 1.82) is 0 Å². The van der Waals surface area contributed by atoms with Crippen LogP contribution in [0, 0.1) is 11.7 Å². The normalized spacial score (nSPS) is 19.5. The van der Waals surface area contributed by atoms with Crippen molar-refractivity contribution < 1.29 is 12.8 Å². The van der Waals surface area contributed by atoms with Gasteiger partial charge >= 0.3 is 0 Å². The summed E-state index contributed by atoms with van der Waals surface area (Å²) in [5, 5.41) is 3.56. The second kappa shape index (κ2) is 7.02. The third-order valence-electron chi connectivity index (χ3n) is 4.07. The fourth-order valence-corrected chi connectivity index (χ4v) is 3.67. The van der Waals surface area contributed by atoms with Crippen LogP contribution in [-0.2, 0) is 10.0 Å². The summed E-state index contributed by atoms with van der Waals surface area (Å²) in [4.78, 5) is 4.18. The van der Waals surface area contributed by atoms with Crippen molar-refractivity contribution in [3.05, 3.63) is 29.8 Å². The maximum absolute atomic E-state index is 13.0. The molecule has 1 aliphatic rings. The van der Waals surface area contributed by atoms with Gasteiger partial charge in [0.15, 0.2) is 0 Å². The number of nitrogens with one attached hydrogen (secondary N) is 1. The number of piperidine rings is 1. The number of sulfonamides is 1. The number of pyridine rings is 1. The predicted octanol–water partition coefficient (Wildman–Crippen LogP) is 1.93. The van der Waals surface area contributed by atoms with E-state index in [1.165, 1.54) is 22.8 Å². The molecule has 0 aromatic carbocycles. The molecule has 7 heteroatoms. The van der Waals surface area contributed by atoms with E-state index in [0.717, 1.165) is 18.5 Å².